The lowest BCUT2D eigenvalue weighted by atomic mass is 10.0. The molecule has 0 bridgehead atoms. The van der Waals surface area contributed by atoms with Crippen LogP contribution in [0.3, 0.4) is 0 Å². The highest BCUT2D eigenvalue weighted by molar-refractivity contribution is 6.52. The first kappa shape index (κ1) is 16.8. The lowest BCUT2D eigenvalue weighted by molar-refractivity contribution is 0.00730. The molecule has 2 aromatic rings. The first-order valence-corrected chi connectivity index (χ1v) is 8.02. The fourth-order valence-electron chi connectivity index (χ4n) is 2.55. The van der Waals surface area contributed by atoms with Crippen LogP contribution in [0.25, 0.3) is 10.6 Å². The van der Waals surface area contributed by atoms with Gasteiger partial charge in [-0.2, -0.15) is 0 Å². The molecule has 4 nitrogen and oxygen atoms in total. The summed E-state index contributed by atoms with van der Waals surface area (Å²) < 4.78 is 21.8. The van der Waals surface area contributed by atoms with E-state index in [0.717, 1.165) is 28.2 Å². The first-order valence-electron chi connectivity index (χ1n) is 7.64. The molecule has 0 unspecified atom stereocenters. The smallest absolute Gasteiger partial charge is 0.186 e. The predicted octanol–water partition coefficient (Wildman–Crippen LogP) is 4.18. The Hall–Kier alpha value is -2.01. The van der Waals surface area contributed by atoms with Crippen molar-refractivity contribution in [1.82, 2.24) is 0 Å². The lowest BCUT2D eigenvalue weighted by Gasteiger charge is -2.17. The molecule has 1 aliphatic rings. The maximum absolute atomic E-state index is 6.70. The molecule has 1 saturated heterocycles. The monoisotopic (exact) mass is 346 g/mol. The van der Waals surface area contributed by atoms with Crippen molar-refractivity contribution in [3.8, 4) is 11.5 Å². The Kier molecular flexibility index (Phi) is 5.41. The van der Waals surface area contributed by atoms with Crippen molar-refractivity contribution in [3.05, 3.63) is 59.7 Å². The van der Waals surface area contributed by atoms with Crippen LogP contribution in [0.5, 0.6) is 11.5 Å². The number of ether oxygens (including phenoxy) is 4. The minimum Gasteiger partial charge on any atom is -0.497 e. The third-order valence-corrected chi connectivity index (χ3v) is 4.26. The van der Waals surface area contributed by atoms with E-state index in [9.17, 15) is 0 Å². The van der Waals surface area contributed by atoms with Crippen molar-refractivity contribution >= 4 is 22.2 Å². The van der Waals surface area contributed by atoms with E-state index in [-0.39, 0.29) is 0 Å². The number of hydrogen-bond donors (Lipinski definition) is 0. The molecule has 0 aromatic heterocycles. The molecule has 0 radical (unpaired) electrons. The summed E-state index contributed by atoms with van der Waals surface area (Å²) in [7, 11) is 3.27. The largest absolute Gasteiger partial charge is 0.497 e. The van der Waals surface area contributed by atoms with Gasteiger partial charge < -0.3 is 18.9 Å². The van der Waals surface area contributed by atoms with E-state index < -0.39 is 6.29 Å². The second-order valence-electron chi connectivity index (χ2n) is 5.26. The summed E-state index contributed by atoms with van der Waals surface area (Å²) in [4.78, 5) is 0. The summed E-state index contributed by atoms with van der Waals surface area (Å²) in [5, 5.41) is 0.592. The summed E-state index contributed by atoms with van der Waals surface area (Å²) in [5.41, 5.74) is 2.62. The van der Waals surface area contributed by atoms with Crippen molar-refractivity contribution in [2.75, 3.05) is 27.4 Å². The van der Waals surface area contributed by atoms with Gasteiger partial charge in [-0.3, -0.25) is 0 Å². The summed E-state index contributed by atoms with van der Waals surface area (Å²) in [6, 6.07) is 15.3. The highest BCUT2D eigenvalue weighted by atomic mass is 35.5. The molecule has 24 heavy (non-hydrogen) atoms. The maximum atomic E-state index is 6.70. The Labute approximate surface area is 146 Å². The molecule has 0 spiro atoms. The molecular formula is C19H19ClO4. The third kappa shape index (κ3) is 3.56. The van der Waals surface area contributed by atoms with E-state index in [1.807, 2.05) is 48.5 Å². The molecular weight excluding hydrogens is 328 g/mol. The molecule has 0 saturated carbocycles. The summed E-state index contributed by atoms with van der Waals surface area (Å²) in [5.74, 6) is 1.56. The van der Waals surface area contributed by atoms with Gasteiger partial charge in [0, 0.05) is 5.57 Å². The van der Waals surface area contributed by atoms with Gasteiger partial charge in [0.1, 0.15) is 11.5 Å². The number of halogens is 1. The fourth-order valence-corrected chi connectivity index (χ4v) is 2.88. The molecule has 3 rings (SSSR count). The van der Waals surface area contributed by atoms with Gasteiger partial charge in [0.15, 0.2) is 6.29 Å². The van der Waals surface area contributed by atoms with E-state index in [1.165, 1.54) is 0 Å². The number of rotatable bonds is 5. The van der Waals surface area contributed by atoms with Gasteiger partial charge in [-0.25, -0.2) is 0 Å². The quantitative estimate of drug-likeness (QED) is 0.761. The van der Waals surface area contributed by atoms with Crippen LogP contribution in [-0.4, -0.2) is 33.7 Å². The summed E-state index contributed by atoms with van der Waals surface area (Å²) in [6.45, 7) is 1.11. The number of hydrogen-bond acceptors (Lipinski definition) is 4. The van der Waals surface area contributed by atoms with Crippen molar-refractivity contribution in [2.45, 2.75) is 6.29 Å². The van der Waals surface area contributed by atoms with Gasteiger partial charge in [0.2, 0.25) is 0 Å². The minimum atomic E-state index is -0.479. The summed E-state index contributed by atoms with van der Waals surface area (Å²) in [6.07, 6.45) is -0.479. The summed E-state index contributed by atoms with van der Waals surface area (Å²) >= 11 is 6.70. The Morgan fingerprint density at radius 2 is 1.29 bits per heavy atom. The van der Waals surface area contributed by atoms with Gasteiger partial charge >= 0.3 is 0 Å². The van der Waals surface area contributed by atoms with Crippen LogP contribution in [0.1, 0.15) is 11.1 Å². The zero-order chi connectivity index (χ0) is 16.9. The average molecular weight is 347 g/mol. The van der Waals surface area contributed by atoms with Gasteiger partial charge in [0.05, 0.1) is 32.5 Å². The van der Waals surface area contributed by atoms with Gasteiger partial charge in [-0.15, -0.1) is 0 Å². The standard InChI is InChI=1S/C19H19ClO4/c1-21-15-7-3-13(4-8-15)17(19-23-11-12-24-19)18(20)14-5-9-16(22-2)10-6-14/h3-10,19H,11-12H2,1-2H3/b18-17+. The fraction of sp³-hybridized carbons (Fsp3) is 0.263. The Balaban J connectivity index is 2.04. The lowest BCUT2D eigenvalue weighted by Crippen LogP contribution is -2.11. The first-order chi connectivity index (χ1) is 11.7. The van der Waals surface area contributed by atoms with E-state index in [0.29, 0.717) is 18.2 Å². The molecule has 0 amide bonds. The molecule has 126 valence electrons. The Morgan fingerprint density at radius 3 is 1.75 bits per heavy atom. The molecule has 0 atom stereocenters. The van der Waals surface area contributed by atoms with Crippen molar-refractivity contribution in [1.29, 1.82) is 0 Å². The predicted molar refractivity (Wildman–Crippen MR) is 94.3 cm³/mol. The molecule has 0 aliphatic carbocycles. The van der Waals surface area contributed by atoms with Crippen LogP contribution in [0.15, 0.2) is 48.5 Å². The van der Waals surface area contributed by atoms with Crippen molar-refractivity contribution in [2.24, 2.45) is 0 Å². The van der Waals surface area contributed by atoms with Gasteiger partial charge in [-0.1, -0.05) is 23.7 Å². The highest BCUT2D eigenvalue weighted by Gasteiger charge is 2.25. The Bertz CT molecular complexity index is 701. The van der Waals surface area contributed by atoms with Crippen LogP contribution in [0, 0.1) is 0 Å². The van der Waals surface area contributed by atoms with Crippen molar-refractivity contribution < 1.29 is 18.9 Å². The van der Waals surface area contributed by atoms with Crippen LogP contribution >= 0.6 is 11.6 Å². The molecule has 5 heteroatoms. The van der Waals surface area contributed by atoms with Crippen LogP contribution in [0.4, 0.5) is 0 Å². The van der Waals surface area contributed by atoms with Crippen molar-refractivity contribution in [3.63, 3.8) is 0 Å². The molecule has 2 aromatic carbocycles. The maximum Gasteiger partial charge on any atom is 0.186 e. The SMILES string of the molecule is COc1ccc(/C(Cl)=C(/c2ccc(OC)cc2)C2OCCO2)cc1. The zero-order valence-corrected chi connectivity index (χ0v) is 14.4. The topological polar surface area (TPSA) is 36.9 Å². The molecule has 1 fully saturated rings. The average Bonchev–Trinajstić information content (AvgIpc) is 3.16. The van der Waals surface area contributed by atoms with Crippen LogP contribution < -0.4 is 9.47 Å². The number of methoxy groups -OCH3 is 2. The molecule has 1 aliphatic heterocycles. The second kappa shape index (κ2) is 7.71. The Morgan fingerprint density at radius 1 is 0.833 bits per heavy atom. The third-order valence-electron chi connectivity index (χ3n) is 3.84. The van der Waals surface area contributed by atoms with E-state index in [2.05, 4.69) is 0 Å². The van der Waals surface area contributed by atoms with Gasteiger partial charge in [0.25, 0.3) is 0 Å². The van der Waals surface area contributed by atoms with E-state index >= 15 is 0 Å². The normalized spacial score (nSPS) is 16.0. The van der Waals surface area contributed by atoms with Gasteiger partial charge in [-0.05, 0) is 47.5 Å². The van der Waals surface area contributed by atoms with Crippen LogP contribution in [-0.2, 0) is 9.47 Å². The van der Waals surface area contributed by atoms with E-state index in [1.54, 1.807) is 14.2 Å². The second-order valence-corrected chi connectivity index (χ2v) is 5.64. The van der Waals surface area contributed by atoms with E-state index in [4.69, 9.17) is 30.5 Å². The van der Waals surface area contributed by atoms with Crippen LogP contribution in [0.2, 0.25) is 0 Å². The molecule has 0 N–H and O–H groups in total. The zero-order valence-electron chi connectivity index (χ0n) is 13.6. The number of benzene rings is 2. The highest BCUT2D eigenvalue weighted by Crippen LogP contribution is 2.36. The molecule has 1 heterocycles. The minimum absolute atomic E-state index is 0.479.